The van der Waals surface area contributed by atoms with Crippen LogP contribution in [0.25, 0.3) is 0 Å². The summed E-state index contributed by atoms with van der Waals surface area (Å²) in [5, 5.41) is 0. The van der Waals surface area contributed by atoms with Crippen LogP contribution in [0.1, 0.15) is 36.5 Å². The van der Waals surface area contributed by atoms with Crippen molar-refractivity contribution in [1.82, 2.24) is 4.72 Å². The number of aryl methyl sites for hydroxylation is 2. The number of piperidine rings is 1. The van der Waals surface area contributed by atoms with E-state index in [4.69, 9.17) is 4.74 Å². The summed E-state index contributed by atoms with van der Waals surface area (Å²) in [6.45, 7) is 8.31. The Labute approximate surface area is 168 Å². The average molecular weight is 403 g/mol. The molecule has 1 saturated heterocycles. The van der Waals surface area contributed by atoms with Crippen LogP contribution >= 0.6 is 0 Å². The number of rotatable bonds is 6. The van der Waals surface area contributed by atoms with E-state index in [0.717, 1.165) is 24.6 Å². The van der Waals surface area contributed by atoms with E-state index in [1.807, 2.05) is 12.1 Å². The maximum Gasteiger partial charge on any atom is 0.241 e. The molecule has 28 heavy (non-hydrogen) atoms. The van der Waals surface area contributed by atoms with Crippen molar-refractivity contribution in [3.05, 3.63) is 53.1 Å². The number of benzene rings is 2. The maximum absolute atomic E-state index is 12.8. The predicted octanol–water partition coefficient (Wildman–Crippen LogP) is 4.03. The first-order valence-corrected chi connectivity index (χ1v) is 11.3. The van der Waals surface area contributed by atoms with Gasteiger partial charge in [0.15, 0.2) is 0 Å². The minimum absolute atomic E-state index is 0.268. The van der Waals surface area contributed by atoms with Gasteiger partial charge in [0.25, 0.3) is 0 Å². The van der Waals surface area contributed by atoms with Gasteiger partial charge in [-0.05, 0) is 73.6 Å². The molecule has 0 aliphatic carbocycles. The lowest BCUT2D eigenvalue weighted by molar-refractivity contribution is 0.413. The summed E-state index contributed by atoms with van der Waals surface area (Å²) in [5.74, 6) is 1.38. The molecule has 0 bridgehead atoms. The van der Waals surface area contributed by atoms with Gasteiger partial charge in [-0.2, -0.15) is 0 Å². The Hall–Kier alpha value is -2.05. The van der Waals surface area contributed by atoms with Gasteiger partial charge in [0, 0.05) is 25.3 Å². The molecule has 0 radical (unpaired) electrons. The van der Waals surface area contributed by atoms with E-state index in [9.17, 15) is 8.42 Å². The molecule has 0 unspecified atom stereocenters. The maximum atomic E-state index is 12.8. The first kappa shape index (κ1) is 20.7. The lowest BCUT2D eigenvalue weighted by atomic mass is 9.99. The van der Waals surface area contributed by atoms with Crippen molar-refractivity contribution in [1.29, 1.82) is 0 Å². The summed E-state index contributed by atoms with van der Waals surface area (Å²) in [5.41, 5.74) is 3.51. The Kier molecular flexibility index (Phi) is 6.30. The molecule has 2 aromatic carbocycles. The molecule has 0 aromatic heterocycles. The molecule has 1 fully saturated rings. The standard InChI is InChI=1S/C22H30N2O3S/c1-16-6-5-11-24(15-16)20-9-7-19(8-10-20)14-23-28(25,26)22-17(2)12-21(27-4)13-18(22)3/h7-10,12-13,16,23H,5-6,11,14-15H2,1-4H3/t16-/m1/s1. The highest BCUT2D eigenvalue weighted by atomic mass is 32.2. The number of nitrogens with one attached hydrogen (secondary N) is 1. The van der Waals surface area contributed by atoms with Gasteiger partial charge in [-0.15, -0.1) is 0 Å². The van der Waals surface area contributed by atoms with E-state index in [1.165, 1.54) is 18.5 Å². The Bertz CT molecular complexity index is 900. The third-order valence-corrected chi connectivity index (χ3v) is 7.07. The van der Waals surface area contributed by atoms with Crippen molar-refractivity contribution in [2.75, 3.05) is 25.1 Å². The number of anilines is 1. The summed E-state index contributed by atoms with van der Waals surface area (Å²) in [4.78, 5) is 2.74. The smallest absolute Gasteiger partial charge is 0.241 e. The number of methoxy groups -OCH3 is 1. The van der Waals surface area contributed by atoms with Crippen LogP contribution in [-0.4, -0.2) is 28.6 Å². The van der Waals surface area contributed by atoms with Crippen LogP contribution in [-0.2, 0) is 16.6 Å². The van der Waals surface area contributed by atoms with E-state index in [0.29, 0.717) is 21.8 Å². The Morgan fingerprint density at radius 2 is 1.79 bits per heavy atom. The van der Waals surface area contributed by atoms with Crippen LogP contribution in [0, 0.1) is 19.8 Å². The van der Waals surface area contributed by atoms with E-state index in [-0.39, 0.29) is 6.54 Å². The quantitative estimate of drug-likeness (QED) is 0.793. The third-order valence-electron chi connectivity index (χ3n) is 5.36. The zero-order valence-electron chi connectivity index (χ0n) is 17.2. The lowest BCUT2D eigenvalue weighted by Gasteiger charge is -2.32. The molecule has 1 heterocycles. The van der Waals surface area contributed by atoms with E-state index in [2.05, 4.69) is 28.7 Å². The van der Waals surface area contributed by atoms with Crippen molar-refractivity contribution in [2.24, 2.45) is 5.92 Å². The molecule has 0 spiro atoms. The fraction of sp³-hybridized carbons (Fsp3) is 0.455. The van der Waals surface area contributed by atoms with Gasteiger partial charge in [-0.3, -0.25) is 0 Å². The van der Waals surface area contributed by atoms with Gasteiger partial charge in [-0.1, -0.05) is 19.1 Å². The molecule has 0 amide bonds. The zero-order chi connectivity index (χ0) is 20.3. The lowest BCUT2D eigenvalue weighted by Crippen LogP contribution is -2.34. The molecular formula is C22H30N2O3S. The van der Waals surface area contributed by atoms with Gasteiger partial charge in [0.1, 0.15) is 5.75 Å². The van der Waals surface area contributed by atoms with Crippen LogP contribution in [0.3, 0.4) is 0 Å². The minimum atomic E-state index is -3.60. The average Bonchev–Trinajstić information content (AvgIpc) is 2.66. The zero-order valence-corrected chi connectivity index (χ0v) is 18.0. The highest BCUT2D eigenvalue weighted by Gasteiger charge is 2.21. The fourth-order valence-corrected chi connectivity index (χ4v) is 5.42. The van der Waals surface area contributed by atoms with Gasteiger partial charge in [0.05, 0.1) is 12.0 Å². The van der Waals surface area contributed by atoms with E-state index < -0.39 is 10.0 Å². The van der Waals surface area contributed by atoms with Gasteiger partial charge < -0.3 is 9.64 Å². The van der Waals surface area contributed by atoms with E-state index in [1.54, 1.807) is 33.1 Å². The predicted molar refractivity (Wildman–Crippen MR) is 114 cm³/mol. The van der Waals surface area contributed by atoms with Gasteiger partial charge in [-0.25, -0.2) is 13.1 Å². The Morgan fingerprint density at radius 3 is 2.36 bits per heavy atom. The highest BCUT2D eigenvalue weighted by Crippen LogP contribution is 2.26. The second-order valence-corrected chi connectivity index (χ2v) is 9.48. The normalized spacial score (nSPS) is 17.6. The molecule has 2 aromatic rings. The number of nitrogens with zero attached hydrogens (tertiary/aromatic N) is 1. The van der Waals surface area contributed by atoms with Crippen molar-refractivity contribution in [3.8, 4) is 5.75 Å². The number of sulfonamides is 1. The van der Waals surface area contributed by atoms with Crippen molar-refractivity contribution >= 4 is 15.7 Å². The molecule has 3 rings (SSSR count). The molecule has 0 saturated carbocycles. The van der Waals surface area contributed by atoms with Crippen molar-refractivity contribution < 1.29 is 13.2 Å². The van der Waals surface area contributed by atoms with E-state index >= 15 is 0 Å². The molecule has 1 N–H and O–H groups in total. The summed E-state index contributed by atoms with van der Waals surface area (Å²) in [6, 6.07) is 11.7. The van der Waals surface area contributed by atoms with Crippen LogP contribution in [0.5, 0.6) is 5.75 Å². The summed E-state index contributed by atoms with van der Waals surface area (Å²) in [6.07, 6.45) is 2.52. The SMILES string of the molecule is COc1cc(C)c(S(=O)(=O)NCc2ccc(N3CCC[C@@H](C)C3)cc2)c(C)c1. The minimum Gasteiger partial charge on any atom is -0.497 e. The largest absolute Gasteiger partial charge is 0.497 e. The number of hydrogen-bond donors (Lipinski definition) is 1. The van der Waals surface area contributed by atoms with Crippen molar-refractivity contribution in [3.63, 3.8) is 0 Å². The second kappa shape index (κ2) is 8.53. The molecule has 5 nitrogen and oxygen atoms in total. The summed E-state index contributed by atoms with van der Waals surface area (Å²) >= 11 is 0. The van der Waals surface area contributed by atoms with Gasteiger partial charge >= 0.3 is 0 Å². The van der Waals surface area contributed by atoms with Crippen LogP contribution < -0.4 is 14.4 Å². The topological polar surface area (TPSA) is 58.6 Å². The molecular weight excluding hydrogens is 372 g/mol. The fourth-order valence-electron chi connectivity index (χ4n) is 3.95. The second-order valence-electron chi connectivity index (χ2n) is 7.77. The number of hydrogen-bond acceptors (Lipinski definition) is 4. The molecule has 1 aliphatic rings. The first-order chi connectivity index (χ1) is 13.3. The molecule has 1 aliphatic heterocycles. The summed E-state index contributed by atoms with van der Waals surface area (Å²) in [7, 11) is -2.02. The summed E-state index contributed by atoms with van der Waals surface area (Å²) < 4.78 is 33.6. The highest BCUT2D eigenvalue weighted by molar-refractivity contribution is 7.89. The Balaban J connectivity index is 1.70. The molecule has 1 atom stereocenters. The monoisotopic (exact) mass is 402 g/mol. The molecule has 152 valence electrons. The van der Waals surface area contributed by atoms with Crippen molar-refractivity contribution in [2.45, 2.75) is 45.1 Å². The Morgan fingerprint density at radius 1 is 1.14 bits per heavy atom. The van der Waals surface area contributed by atoms with Crippen LogP contribution in [0.4, 0.5) is 5.69 Å². The van der Waals surface area contributed by atoms with Crippen LogP contribution in [0.15, 0.2) is 41.3 Å². The first-order valence-electron chi connectivity index (χ1n) is 9.79. The van der Waals surface area contributed by atoms with Crippen LogP contribution in [0.2, 0.25) is 0 Å². The number of ether oxygens (including phenoxy) is 1. The van der Waals surface area contributed by atoms with Gasteiger partial charge in [0.2, 0.25) is 10.0 Å². The molecule has 6 heteroatoms. The third kappa shape index (κ3) is 4.67.